The summed E-state index contributed by atoms with van der Waals surface area (Å²) in [5.41, 5.74) is 3.14. The largest absolute Gasteiger partial charge is 0.493 e. The lowest BCUT2D eigenvalue weighted by Gasteiger charge is -2.25. The molecule has 2 aromatic rings. The van der Waals surface area contributed by atoms with Gasteiger partial charge in [0.1, 0.15) is 0 Å². The van der Waals surface area contributed by atoms with Gasteiger partial charge in [0, 0.05) is 19.5 Å². The molecule has 2 aliphatic rings. The Kier molecular flexibility index (Phi) is 5.44. The summed E-state index contributed by atoms with van der Waals surface area (Å²) in [7, 11) is -0.816. The molecule has 0 spiro atoms. The number of aliphatic hydroxyl groups is 1. The van der Waals surface area contributed by atoms with E-state index in [4.69, 9.17) is 9.47 Å². The fourth-order valence-electron chi connectivity index (χ4n) is 4.03. The molecular weight excluding hydrogens is 408 g/mol. The van der Waals surface area contributed by atoms with Crippen LogP contribution >= 0.6 is 0 Å². The minimum atomic E-state index is -3.82. The SMILES string of the molecule is COc1ccc(C(O)CNS(=O)(=O)c2cc3c4c(c2)CCN4C(=O)CC3)cc1OC. The summed E-state index contributed by atoms with van der Waals surface area (Å²) in [5, 5.41) is 10.5. The molecule has 2 N–H and O–H groups in total. The smallest absolute Gasteiger partial charge is 0.240 e. The number of hydrogen-bond acceptors (Lipinski definition) is 6. The highest BCUT2D eigenvalue weighted by atomic mass is 32.2. The number of carbonyl (C=O) groups is 1. The van der Waals surface area contributed by atoms with Crippen LogP contribution in [0, 0.1) is 0 Å². The first-order valence-corrected chi connectivity index (χ1v) is 11.2. The van der Waals surface area contributed by atoms with E-state index in [0.29, 0.717) is 42.9 Å². The van der Waals surface area contributed by atoms with E-state index < -0.39 is 16.1 Å². The number of carbonyl (C=O) groups excluding carboxylic acids is 1. The van der Waals surface area contributed by atoms with Crippen molar-refractivity contribution in [1.29, 1.82) is 0 Å². The number of anilines is 1. The van der Waals surface area contributed by atoms with Crippen LogP contribution in [0.25, 0.3) is 0 Å². The Morgan fingerprint density at radius 2 is 1.77 bits per heavy atom. The molecule has 0 fully saturated rings. The Bertz CT molecular complexity index is 1100. The monoisotopic (exact) mass is 432 g/mol. The van der Waals surface area contributed by atoms with Gasteiger partial charge in [-0.15, -0.1) is 0 Å². The van der Waals surface area contributed by atoms with Crippen molar-refractivity contribution >= 4 is 21.6 Å². The zero-order valence-corrected chi connectivity index (χ0v) is 17.7. The average Bonchev–Trinajstić information content (AvgIpc) is 3.19. The van der Waals surface area contributed by atoms with Crippen LogP contribution in [0.4, 0.5) is 5.69 Å². The lowest BCUT2D eigenvalue weighted by Crippen LogP contribution is -2.33. The number of sulfonamides is 1. The summed E-state index contributed by atoms with van der Waals surface area (Å²) in [5.74, 6) is 1.07. The molecule has 8 nitrogen and oxygen atoms in total. The van der Waals surface area contributed by atoms with Crippen molar-refractivity contribution in [3.8, 4) is 11.5 Å². The maximum absolute atomic E-state index is 12.9. The highest BCUT2D eigenvalue weighted by Gasteiger charge is 2.33. The van der Waals surface area contributed by atoms with E-state index in [9.17, 15) is 18.3 Å². The van der Waals surface area contributed by atoms with E-state index in [0.717, 1.165) is 16.8 Å². The second-order valence-corrected chi connectivity index (χ2v) is 9.13. The van der Waals surface area contributed by atoms with Gasteiger partial charge in [-0.05, 0) is 53.8 Å². The van der Waals surface area contributed by atoms with Crippen LogP contribution in [-0.2, 0) is 27.7 Å². The topological polar surface area (TPSA) is 105 Å². The minimum absolute atomic E-state index is 0.0908. The number of nitrogens with zero attached hydrogens (tertiary/aromatic N) is 1. The van der Waals surface area contributed by atoms with E-state index in [2.05, 4.69) is 4.72 Å². The van der Waals surface area contributed by atoms with Crippen LogP contribution < -0.4 is 19.1 Å². The van der Waals surface area contributed by atoms with E-state index >= 15 is 0 Å². The first kappa shape index (κ1) is 20.6. The molecule has 2 heterocycles. The van der Waals surface area contributed by atoms with Crippen molar-refractivity contribution in [2.24, 2.45) is 0 Å². The molecule has 0 radical (unpaired) electrons. The van der Waals surface area contributed by atoms with Gasteiger partial charge in [0.2, 0.25) is 15.9 Å². The second kappa shape index (κ2) is 7.90. The highest BCUT2D eigenvalue weighted by molar-refractivity contribution is 7.89. The third kappa shape index (κ3) is 3.64. The fourth-order valence-corrected chi connectivity index (χ4v) is 5.17. The van der Waals surface area contributed by atoms with Gasteiger partial charge < -0.3 is 19.5 Å². The highest BCUT2D eigenvalue weighted by Crippen LogP contribution is 2.38. The summed E-state index contributed by atoms with van der Waals surface area (Å²) in [6, 6.07) is 8.19. The summed E-state index contributed by atoms with van der Waals surface area (Å²) in [6.07, 6.45) is 0.517. The molecule has 0 saturated heterocycles. The first-order chi connectivity index (χ1) is 14.3. The van der Waals surface area contributed by atoms with Crippen LogP contribution in [0.3, 0.4) is 0 Å². The number of hydrogen-bond donors (Lipinski definition) is 2. The molecule has 30 heavy (non-hydrogen) atoms. The van der Waals surface area contributed by atoms with Crippen LogP contribution in [0.5, 0.6) is 11.5 Å². The zero-order valence-electron chi connectivity index (χ0n) is 16.8. The number of benzene rings is 2. The summed E-state index contributed by atoms with van der Waals surface area (Å²) in [4.78, 5) is 14.0. The minimum Gasteiger partial charge on any atom is -0.493 e. The number of rotatable bonds is 7. The Balaban J connectivity index is 1.52. The number of methoxy groups -OCH3 is 2. The van der Waals surface area contributed by atoms with Crippen molar-refractivity contribution in [3.63, 3.8) is 0 Å². The van der Waals surface area contributed by atoms with Crippen molar-refractivity contribution in [2.45, 2.75) is 30.3 Å². The van der Waals surface area contributed by atoms with Crippen LogP contribution in [-0.4, -0.2) is 46.7 Å². The molecular formula is C21H24N2O6S. The zero-order chi connectivity index (χ0) is 21.5. The predicted octanol–water partition coefficient (Wildman–Crippen LogP) is 1.55. The molecule has 2 aliphatic heterocycles. The molecule has 0 saturated carbocycles. The molecule has 1 amide bonds. The van der Waals surface area contributed by atoms with Crippen molar-refractivity contribution in [3.05, 3.63) is 47.0 Å². The maximum atomic E-state index is 12.9. The number of nitrogens with one attached hydrogen (secondary N) is 1. The molecule has 1 atom stereocenters. The Morgan fingerprint density at radius 3 is 2.47 bits per heavy atom. The van der Waals surface area contributed by atoms with E-state index in [1.54, 1.807) is 35.2 Å². The summed E-state index contributed by atoms with van der Waals surface area (Å²) in [6.45, 7) is 0.408. The molecule has 9 heteroatoms. The Hall–Kier alpha value is -2.62. The first-order valence-electron chi connectivity index (χ1n) is 9.70. The van der Waals surface area contributed by atoms with Gasteiger partial charge in [-0.1, -0.05) is 6.07 Å². The molecule has 160 valence electrons. The number of amides is 1. The van der Waals surface area contributed by atoms with Gasteiger partial charge in [-0.3, -0.25) is 4.79 Å². The molecule has 1 unspecified atom stereocenters. The van der Waals surface area contributed by atoms with E-state index in [-0.39, 0.29) is 17.3 Å². The molecule has 0 aliphatic carbocycles. The quantitative estimate of drug-likeness (QED) is 0.688. The van der Waals surface area contributed by atoms with Crippen molar-refractivity contribution in [1.82, 2.24) is 4.72 Å². The number of aliphatic hydroxyl groups excluding tert-OH is 1. The second-order valence-electron chi connectivity index (χ2n) is 7.37. The fraction of sp³-hybridized carbons (Fsp3) is 0.381. The number of ether oxygens (including phenoxy) is 2. The van der Waals surface area contributed by atoms with Crippen LogP contribution in [0.15, 0.2) is 35.2 Å². The van der Waals surface area contributed by atoms with E-state index in [1.165, 1.54) is 14.2 Å². The van der Waals surface area contributed by atoms with Gasteiger partial charge in [0.25, 0.3) is 0 Å². The maximum Gasteiger partial charge on any atom is 0.240 e. The lowest BCUT2D eigenvalue weighted by molar-refractivity contribution is -0.118. The van der Waals surface area contributed by atoms with Crippen molar-refractivity contribution in [2.75, 3.05) is 32.2 Å². The third-order valence-corrected chi connectivity index (χ3v) is 7.00. The molecule has 0 bridgehead atoms. The van der Waals surface area contributed by atoms with Gasteiger partial charge in [0.15, 0.2) is 11.5 Å². The molecule has 4 rings (SSSR count). The standard InChI is InChI=1S/C21H24N2O6S/c1-28-18-5-3-13(11-19(18)29-2)17(24)12-22-30(26,27)16-9-14-4-6-20(25)23-8-7-15(10-16)21(14)23/h3,5,9-11,17,22,24H,4,6-8,12H2,1-2H3. The number of aryl methyl sites for hydroxylation is 1. The Morgan fingerprint density at radius 1 is 1.07 bits per heavy atom. The predicted molar refractivity (Wildman–Crippen MR) is 111 cm³/mol. The van der Waals surface area contributed by atoms with E-state index in [1.807, 2.05) is 0 Å². The average molecular weight is 432 g/mol. The summed E-state index contributed by atoms with van der Waals surface area (Å²) >= 11 is 0. The van der Waals surface area contributed by atoms with Crippen LogP contribution in [0.2, 0.25) is 0 Å². The molecule has 0 aromatic heterocycles. The Labute approximate surface area is 175 Å². The normalized spacial score (nSPS) is 16.4. The van der Waals surface area contributed by atoms with Gasteiger partial charge in [-0.25, -0.2) is 13.1 Å². The van der Waals surface area contributed by atoms with Crippen molar-refractivity contribution < 1.29 is 27.8 Å². The molecule has 2 aromatic carbocycles. The van der Waals surface area contributed by atoms with Crippen LogP contribution in [0.1, 0.15) is 29.2 Å². The van der Waals surface area contributed by atoms with Gasteiger partial charge in [-0.2, -0.15) is 0 Å². The lowest BCUT2D eigenvalue weighted by atomic mass is 10.00. The summed E-state index contributed by atoms with van der Waals surface area (Å²) < 4.78 is 38.6. The van der Waals surface area contributed by atoms with Gasteiger partial charge in [0.05, 0.1) is 30.9 Å². The van der Waals surface area contributed by atoms with Gasteiger partial charge >= 0.3 is 0 Å². The third-order valence-electron chi connectivity index (χ3n) is 5.59.